The number of aryl methyl sites for hydroxylation is 2. The van der Waals surface area contributed by atoms with Crippen molar-refractivity contribution in [3.05, 3.63) is 82.4 Å². The lowest BCUT2D eigenvalue weighted by Gasteiger charge is -2.20. The molecule has 1 atom stereocenters. The number of unbranched alkanes of at least 4 members (excludes halogenated alkanes) is 1. The molecule has 26 heavy (non-hydrogen) atoms. The van der Waals surface area contributed by atoms with Gasteiger partial charge in [0.25, 0.3) is 0 Å². The van der Waals surface area contributed by atoms with Crippen molar-refractivity contribution in [1.29, 1.82) is 0 Å². The van der Waals surface area contributed by atoms with Crippen LogP contribution in [0.2, 0.25) is 0 Å². The van der Waals surface area contributed by atoms with Crippen LogP contribution in [0.15, 0.2) is 60.2 Å². The topological polar surface area (TPSA) is 0 Å². The van der Waals surface area contributed by atoms with Crippen LogP contribution >= 0.6 is 0 Å². The van der Waals surface area contributed by atoms with Crippen LogP contribution < -0.4 is 0 Å². The van der Waals surface area contributed by atoms with Crippen molar-refractivity contribution in [1.82, 2.24) is 0 Å². The predicted octanol–water partition coefficient (Wildman–Crippen LogP) is 6.84. The zero-order valence-electron chi connectivity index (χ0n) is 16.2. The second-order valence-electron chi connectivity index (χ2n) is 7.35. The van der Waals surface area contributed by atoms with E-state index in [9.17, 15) is 0 Å². The van der Waals surface area contributed by atoms with E-state index in [1.807, 2.05) is 0 Å². The molecule has 0 heteroatoms. The average Bonchev–Trinajstić information content (AvgIpc) is 2.72. The van der Waals surface area contributed by atoms with E-state index < -0.39 is 0 Å². The maximum absolute atomic E-state index is 3.39. The SMILES string of the molecule is CCCCc1ccc(C2CC=C(C#Cc3ccc(CC)cc3)CC2)cc1. The molecule has 0 bridgehead atoms. The fourth-order valence-electron chi connectivity index (χ4n) is 3.56. The molecule has 0 nitrogen and oxygen atoms in total. The van der Waals surface area contributed by atoms with Gasteiger partial charge in [-0.25, -0.2) is 0 Å². The van der Waals surface area contributed by atoms with Crippen LogP contribution in [0.1, 0.15) is 74.1 Å². The van der Waals surface area contributed by atoms with E-state index in [0.717, 1.165) is 24.8 Å². The summed E-state index contributed by atoms with van der Waals surface area (Å²) >= 11 is 0. The Bertz CT molecular complexity index is 779. The summed E-state index contributed by atoms with van der Waals surface area (Å²) in [5.74, 6) is 7.38. The Balaban J connectivity index is 1.58. The molecule has 134 valence electrons. The minimum absolute atomic E-state index is 0.657. The van der Waals surface area contributed by atoms with Crippen molar-refractivity contribution in [2.24, 2.45) is 0 Å². The lowest BCUT2D eigenvalue weighted by molar-refractivity contribution is 0.607. The lowest BCUT2D eigenvalue weighted by Crippen LogP contribution is -2.04. The standard InChI is InChI=1S/C26H30/c1-3-5-6-22-13-17-25(18-14-22)26-19-15-24(16-20-26)12-11-23-9-7-21(4-2)8-10-23/h7-10,13-15,17-18,26H,3-6,16,19-20H2,1-2H3. The molecule has 0 N–H and O–H groups in total. The van der Waals surface area contributed by atoms with E-state index in [-0.39, 0.29) is 0 Å². The Labute approximate surface area is 159 Å². The van der Waals surface area contributed by atoms with Crippen LogP contribution in [0, 0.1) is 11.8 Å². The third kappa shape index (κ3) is 5.12. The molecule has 2 aromatic carbocycles. The minimum atomic E-state index is 0.657. The van der Waals surface area contributed by atoms with Crippen molar-refractivity contribution < 1.29 is 0 Å². The third-order valence-corrected chi connectivity index (χ3v) is 5.41. The summed E-state index contributed by atoms with van der Waals surface area (Å²) in [6.07, 6.45) is 10.6. The molecule has 0 saturated heterocycles. The van der Waals surface area contributed by atoms with Gasteiger partial charge in [-0.2, -0.15) is 0 Å². The quantitative estimate of drug-likeness (QED) is 0.522. The van der Waals surface area contributed by atoms with Gasteiger partial charge in [-0.1, -0.05) is 74.6 Å². The number of hydrogen-bond donors (Lipinski definition) is 0. The lowest BCUT2D eigenvalue weighted by atomic mass is 9.84. The van der Waals surface area contributed by atoms with Crippen LogP contribution in [-0.2, 0) is 12.8 Å². The molecule has 0 amide bonds. The monoisotopic (exact) mass is 342 g/mol. The highest BCUT2D eigenvalue weighted by Crippen LogP contribution is 2.32. The first-order chi connectivity index (χ1) is 12.8. The summed E-state index contributed by atoms with van der Waals surface area (Å²) in [6, 6.07) is 18.0. The van der Waals surface area contributed by atoms with Gasteiger partial charge in [-0.05, 0) is 78.8 Å². The van der Waals surface area contributed by atoms with Gasteiger partial charge in [0, 0.05) is 5.56 Å². The molecule has 1 aliphatic rings. The van der Waals surface area contributed by atoms with Crippen LogP contribution in [0.3, 0.4) is 0 Å². The fraction of sp³-hybridized carbons (Fsp3) is 0.385. The van der Waals surface area contributed by atoms with Crippen LogP contribution in [-0.4, -0.2) is 0 Å². The molecule has 0 aromatic heterocycles. The van der Waals surface area contributed by atoms with Gasteiger partial charge in [0.2, 0.25) is 0 Å². The molecule has 0 heterocycles. The van der Waals surface area contributed by atoms with E-state index in [0.29, 0.717) is 5.92 Å². The third-order valence-electron chi connectivity index (χ3n) is 5.41. The van der Waals surface area contributed by atoms with E-state index >= 15 is 0 Å². The number of allylic oxidation sites excluding steroid dienone is 2. The average molecular weight is 343 g/mol. The summed E-state index contributed by atoms with van der Waals surface area (Å²) in [6.45, 7) is 4.44. The summed E-state index contributed by atoms with van der Waals surface area (Å²) in [5, 5.41) is 0. The van der Waals surface area contributed by atoms with E-state index in [4.69, 9.17) is 0 Å². The van der Waals surface area contributed by atoms with Crippen molar-refractivity contribution in [3.63, 3.8) is 0 Å². The summed E-state index contributed by atoms with van der Waals surface area (Å²) in [7, 11) is 0. The molecule has 2 aromatic rings. The maximum Gasteiger partial charge on any atom is 0.0249 e. The van der Waals surface area contributed by atoms with Gasteiger partial charge in [0.15, 0.2) is 0 Å². The van der Waals surface area contributed by atoms with Gasteiger partial charge < -0.3 is 0 Å². The Morgan fingerprint density at radius 2 is 1.62 bits per heavy atom. The smallest absolute Gasteiger partial charge is 0.0249 e. The summed E-state index contributed by atoms with van der Waals surface area (Å²) in [4.78, 5) is 0. The number of rotatable bonds is 5. The molecule has 0 aliphatic heterocycles. The Morgan fingerprint density at radius 3 is 2.23 bits per heavy atom. The van der Waals surface area contributed by atoms with Crippen LogP contribution in [0.4, 0.5) is 0 Å². The Kier molecular flexibility index (Phi) is 6.73. The highest BCUT2D eigenvalue weighted by Gasteiger charge is 2.15. The number of hydrogen-bond acceptors (Lipinski definition) is 0. The Hall–Kier alpha value is -2.26. The zero-order valence-corrected chi connectivity index (χ0v) is 16.2. The first-order valence-electron chi connectivity index (χ1n) is 10.2. The van der Waals surface area contributed by atoms with Gasteiger partial charge in [-0.15, -0.1) is 0 Å². The van der Waals surface area contributed by atoms with Gasteiger partial charge in [0.05, 0.1) is 0 Å². The van der Waals surface area contributed by atoms with Crippen LogP contribution in [0.25, 0.3) is 0 Å². The first kappa shape index (κ1) is 18.5. The van der Waals surface area contributed by atoms with Crippen molar-refractivity contribution in [2.75, 3.05) is 0 Å². The summed E-state index contributed by atoms with van der Waals surface area (Å²) < 4.78 is 0. The second-order valence-corrected chi connectivity index (χ2v) is 7.35. The first-order valence-corrected chi connectivity index (χ1v) is 10.2. The zero-order chi connectivity index (χ0) is 18.2. The van der Waals surface area contributed by atoms with Gasteiger partial charge in [0.1, 0.15) is 0 Å². The molecule has 0 radical (unpaired) electrons. The summed E-state index contributed by atoms with van der Waals surface area (Å²) in [5.41, 5.74) is 6.76. The molecule has 0 spiro atoms. The van der Waals surface area contributed by atoms with E-state index in [1.54, 1.807) is 0 Å². The molecule has 0 fully saturated rings. The molecule has 3 rings (SSSR count). The van der Waals surface area contributed by atoms with Crippen LogP contribution in [0.5, 0.6) is 0 Å². The largest absolute Gasteiger partial charge is 0.0723 e. The minimum Gasteiger partial charge on any atom is -0.0723 e. The molecule has 1 unspecified atom stereocenters. The van der Waals surface area contributed by atoms with Crippen molar-refractivity contribution in [2.45, 2.75) is 64.7 Å². The second kappa shape index (κ2) is 9.44. The van der Waals surface area contributed by atoms with E-state index in [1.165, 1.54) is 47.9 Å². The fourth-order valence-corrected chi connectivity index (χ4v) is 3.56. The highest BCUT2D eigenvalue weighted by molar-refractivity contribution is 5.42. The normalized spacial score (nSPS) is 16.5. The molecular formula is C26H30. The molecule has 0 saturated carbocycles. The van der Waals surface area contributed by atoms with Gasteiger partial charge in [-0.3, -0.25) is 0 Å². The van der Waals surface area contributed by atoms with Crippen molar-refractivity contribution in [3.8, 4) is 11.8 Å². The van der Waals surface area contributed by atoms with Gasteiger partial charge >= 0.3 is 0 Å². The highest BCUT2D eigenvalue weighted by atomic mass is 14.2. The predicted molar refractivity (Wildman–Crippen MR) is 112 cm³/mol. The molecule has 1 aliphatic carbocycles. The number of benzene rings is 2. The molecular weight excluding hydrogens is 312 g/mol. The maximum atomic E-state index is 3.39. The Morgan fingerprint density at radius 1 is 0.885 bits per heavy atom. The van der Waals surface area contributed by atoms with Crippen molar-refractivity contribution >= 4 is 0 Å². The van der Waals surface area contributed by atoms with E-state index in [2.05, 4.69) is 80.3 Å².